The summed E-state index contributed by atoms with van der Waals surface area (Å²) in [5.74, 6) is 0.617. The first-order valence-corrected chi connectivity index (χ1v) is 6.04. The van der Waals surface area contributed by atoms with Crippen molar-refractivity contribution < 1.29 is 8.81 Å². The highest BCUT2D eigenvalue weighted by Crippen LogP contribution is 2.23. The molecule has 1 aliphatic carbocycles. The lowest BCUT2D eigenvalue weighted by molar-refractivity contribution is 0.476. The van der Waals surface area contributed by atoms with E-state index in [2.05, 4.69) is 15.5 Å². The van der Waals surface area contributed by atoms with E-state index in [4.69, 9.17) is 4.42 Å². The monoisotopic (exact) mass is 247 g/mol. The van der Waals surface area contributed by atoms with Crippen molar-refractivity contribution >= 4 is 0 Å². The zero-order valence-electron chi connectivity index (χ0n) is 10.1. The van der Waals surface area contributed by atoms with E-state index in [0.29, 0.717) is 29.9 Å². The summed E-state index contributed by atoms with van der Waals surface area (Å²) in [6.07, 6.45) is 2.42. The molecule has 3 rings (SSSR count). The lowest BCUT2D eigenvalue weighted by Crippen LogP contribution is -2.15. The van der Waals surface area contributed by atoms with Crippen molar-refractivity contribution in [2.24, 2.45) is 0 Å². The molecule has 1 saturated carbocycles. The second kappa shape index (κ2) is 4.49. The third-order valence-corrected chi connectivity index (χ3v) is 3.02. The van der Waals surface area contributed by atoms with Crippen LogP contribution < -0.4 is 5.32 Å². The third-order valence-electron chi connectivity index (χ3n) is 3.02. The van der Waals surface area contributed by atoms with E-state index in [1.807, 2.05) is 6.92 Å². The smallest absolute Gasteiger partial charge is 0.248 e. The van der Waals surface area contributed by atoms with E-state index in [1.165, 1.54) is 25.0 Å². The molecule has 0 saturated heterocycles. The van der Waals surface area contributed by atoms with Gasteiger partial charge in [0.1, 0.15) is 5.82 Å². The number of benzene rings is 1. The number of hydrogen-bond acceptors (Lipinski definition) is 4. The van der Waals surface area contributed by atoms with Crippen LogP contribution in [-0.4, -0.2) is 16.2 Å². The maximum atomic E-state index is 13.2. The van der Waals surface area contributed by atoms with Crippen LogP contribution in [0.4, 0.5) is 4.39 Å². The molecule has 0 bridgehead atoms. The molecule has 94 valence electrons. The number of nitrogens with one attached hydrogen (secondary N) is 1. The lowest BCUT2D eigenvalue weighted by atomic mass is 10.1. The summed E-state index contributed by atoms with van der Waals surface area (Å²) in [5, 5.41) is 11.2. The van der Waals surface area contributed by atoms with E-state index in [-0.39, 0.29) is 5.82 Å². The third kappa shape index (κ3) is 2.41. The van der Waals surface area contributed by atoms with Crippen molar-refractivity contribution in [3.8, 4) is 11.5 Å². The van der Waals surface area contributed by atoms with Gasteiger partial charge in [0.05, 0.1) is 6.54 Å². The standard InChI is InChI=1S/C13H14FN3O/c1-8-2-3-9(14)6-11(8)13-17-16-12(18-13)7-15-10-4-5-10/h2-3,6,10,15H,4-5,7H2,1H3. The van der Waals surface area contributed by atoms with Gasteiger partial charge in [-0.2, -0.15) is 0 Å². The molecular formula is C13H14FN3O. The second-order valence-electron chi connectivity index (χ2n) is 4.62. The molecule has 1 fully saturated rings. The first kappa shape index (κ1) is 11.3. The molecule has 0 unspecified atom stereocenters. The van der Waals surface area contributed by atoms with Crippen molar-refractivity contribution in [2.45, 2.75) is 32.4 Å². The quantitative estimate of drug-likeness (QED) is 0.901. The molecule has 1 aromatic carbocycles. The lowest BCUT2D eigenvalue weighted by Gasteiger charge is -2.00. The van der Waals surface area contributed by atoms with Crippen LogP contribution in [0.1, 0.15) is 24.3 Å². The van der Waals surface area contributed by atoms with Crippen molar-refractivity contribution in [2.75, 3.05) is 0 Å². The molecule has 1 N–H and O–H groups in total. The van der Waals surface area contributed by atoms with Crippen LogP contribution in [0, 0.1) is 12.7 Å². The summed E-state index contributed by atoms with van der Waals surface area (Å²) < 4.78 is 18.7. The normalized spacial score (nSPS) is 15.0. The Kier molecular flexibility index (Phi) is 2.83. The second-order valence-corrected chi connectivity index (χ2v) is 4.62. The summed E-state index contributed by atoms with van der Waals surface area (Å²) in [5.41, 5.74) is 1.57. The van der Waals surface area contributed by atoms with Gasteiger partial charge in [-0.15, -0.1) is 10.2 Å². The molecular weight excluding hydrogens is 233 g/mol. The summed E-state index contributed by atoms with van der Waals surface area (Å²) in [4.78, 5) is 0. The molecule has 5 heteroatoms. The van der Waals surface area contributed by atoms with Crippen LogP contribution >= 0.6 is 0 Å². The molecule has 0 amide bonds. The Morgan fingerprint density at radius 2 is 2.22 bits per heavy atom. The first-order valence-electron chi connectivity index (χ1n) is 6.04. The van der Waals surface area contributed by atoms with Gasteiger partial charge in [0.25, 0.3) is 0 Å². The van der Waals surface area contributed by atoms with Gasteiger partial charge in [0.15, 0.2) is 0 Å². The van der Waals surface area contributed by atoms with Gasteiger partial charge in [-0.3, -0.25) is 0 Å². The zero-order valence-corrected chi connectivity index (χ0v) is 10.1. The van der Waals surface area contributed by atoms with Gasteiger partial charge >= 0.3 is 0 Å². The molecule has 4 nitrogen and oxygen atoms in total. The van der Waals surface area contributed by atoms with Crippen molar-refractivity contribution in [1.82, 2.24) is 15.5 Å². The Morgan fingerprint density at radius 1 is 1.39 bits per heavy atom. The van der Waals surface area contributed by atoms with Crippen LogP contribution in [-0.2, 0) is 6.54 Å². The largest absolute Gasteiger partial charge is 0.419 e. The molecule has 18 heavy (non-hydrogen) atoms. The average Bonchev–Trinajstić information content (AvgIpc) is 3.08. The fourth-order valence-electron chi connectivity index (χ4n) is 1.78. The highest BCUT2D eigenvalue weighted by atomic mass is 19.1. The summed E-state index contributed by atoms with van der Waals surface area (Å²) in [6.45, 7) is 2.47. The molecule has 1 heterocycles. The van der Waals surface area contributed by atoms with Gasteiger partial charge in [-0.05, 0) is 37.5 Å². The molecule has 1 aliphatic rings. The Bertz CT molecular complexity index is 563. The number of hydrogen-bond donors (Lipinski definition) is 1. The number of nitrogens with zero attached hydrogens (tertiary/aromatic N) is 2. The highest BCUT2D eigenvalue weighted by Gasteiger charge is 2.21. The van der Waals surface area contributed by atoms with Gasteiger partial charge < -0.3 is 9.73 Å². The maximum absolute atomic E-state index is 13.2. The van der Waals surface area contributed by atoms with Crippen LogP contribution in [0.15, 0.2) is 22.6 Å². The van der Waals surface area contributed by atoms with Gasteiger partial charge in [-0.25, -0.2) is 4.39 Å². The number of aromatic nitrogens is 2. The fraction of sp³-hybridized carbons (Fsp3) is 0.385. The van der Waals surface area contributed by atoms with Crippen LogP contribution in [0.3, 0.4) is 0 Å². The molecule has 0 spiro atoms. The Balaban J connectivity index is 1.80. The fourth-order valence-corrected chi connectivity index (χ4v) is 1.78. The zero-order chi connectivity index (χ0) is 12.5. The van der Waals surface area contributed by atoms with E-state index >= 15 is 0 Å². The minimum absolute atomic E-state index is 0.300. The van der Waals surface area contributed by atoms with Crippen LogP contribution in [0.5, 0.6) is 0 Å². The predicted molar refractivity (Wildman–Crippen MR) is 64.3 cm³/mol. The van der Waals surface area contributed by atoms with Crippen molar-refractivity contribution in [3.05, 3.63) is 35.5 Å². The van der Waals surface area contributed by atoms with Crippen LogP contribution in [0.25, 0.3) is 11.5 Å². The summed E-state index contributed by atoms with van der Waals surface area (Å²) >= 11 is 0. The molecule has 2 aromatic rings. The topological polar surface area (TPSA) is 51.0 Å². The molecule has 0 aliphatic heterocycles. The van der Waals surface area contributed by atoms with E-state index in [1.54, 1.807) is 6.07 Å². The van der Waals surface area contributed by atoms with E-state index in [0.717, 1.165) is 5.56 Å². The molecule has 0 radical (unpaired) electrons. The van der Waals surface area contributed by atoms with Gasteiger partial charge in [0, 0.05) is 11.6 Å². The molecule has 0 atom stereocenters. The van der Waals surface area contributed by atoms with Crippen LogP contribution in [0.2, 0.25) is 0 Å². The SMILES string of the molecule is Cc1ccc(F)cc1-c1nnc(CNC2CC2)o1. The Labute approximate surface area is 104 Å². The minimum Gasteiger partial charge on any atom is -0.419 e. The number of rotatable bonds is 4. The van der Waals surface area contributed by atoms with E-state index in [9.17, 15) is 4.39 Å². The minimum atomic E-state index is -0.300. The Hall–Kier alpha value is -1.75. The van der Waals surface area contributed by atoms with Crippen molar-refractivity contribution in [1.29, 1.82) is 0 Å². The first-order chi connectivity index (χ1) is 8.72. The van der Waals surface area contributed by atoms with Gasteiger partial charge in [-0.1, -0.05) is 6.07 Å². The maximum Gasteiger partial charge on any atom is 0.248 e. The van der Waals surface area contributed by atoms with Crippen molar-refractivity contribution in [3.63, 3.8) is 0 Å². The number of halogens is 1. The summed E-state index contributed by atoms with van der Waals surface area (Å²) in [6, 6.07) is 5.14. The molecule has 1 aromatic heterocycles. The Morgan fingerprint density at radius 3 is 3.00 bits per heavy atom. The number of aryl methyl sites for hydroxylation is 1. The predicted octanol–water partition coefficient (Wildman–Crippen LogP) is 2.44. The van der Waals surface area contributed by atoms with E-state index < -0.39 is 0 Å². The summed E-state index contributed by atoms with van der Waals surface area (Å²) in [7, 11) is 0. The van der Waals surface area contributed by atoms with Gasteiger partial charge in [0.2, 0.25) is 11.8 Å². The highest BCUT2D eigenvalue weighted by molar-refractivity contribution is 5.57. The average molecular weight is 247 g/mol.